The quantitative estimate of drug-likeness (QED) is 0.0440. The largest absolute Gasteiger partial charge is 0.497 e. The fourth-order valence-electron chi connectivity index (χ4n) is 6.98. The summed E-state index contributed by atoms with van der Waals surface area (Å²) in [6.07, 6.45) is -3.90. The van der Waals surface area contributed by atoms with Gasteiger partial charge in [0.1, 0.15) is 41.6 Å². The monoisotopic (exact) mass is 1010 g/mol. The van der Waals surface area contributed by atoms with Crippen LogP contribution in [0.2, 0.25) is 0 Å². The van der Waals surface area contributed by atoms with E-state index < -0.39 is 120 Å². The average Bonchev–Trinajstić information content (AvgIpc) is 3.28. The Morgan fingerprint density at radius 1 is 0.718 bits per heavy atom. The molecule has 0 bridgehead atoms. The fraction of sp³-hybridized carbons (Fsp3) is 0.725. The normalized spacial score (nSPS) is 14.9. The average molecular weight is 1010 g/mol. The lowest BCUT2D eigenvalue weighted by Crippen LogP contribution is -2.59. The van der Waals surface area contributed by atoms with Crippen LogP contribution in [-0.4, -0.2) is 151 Å². The molecule has 20 heteroatoms. The van der Waals surface area contributed by atoms with Gasteiger partial charge in [0.05, 0.1) is 38.9 Å². The van der Waals surface area contributed by atoms with Gasteiger partial charge in [0.15, 0.2) is 6.10 Å². The van der Waals surface area contributed by atoms with Crippen molar-refractivity contribution in [2.75, 3.05) is 34.4 Å². The zero-order valence-corrected chi connectivity index (χ0v) is 45.1. The number of rotatable bonds is 29. The molecule has 0 radical (unpaired) electrons. The lowest BCUT2D eigenvalue weighted by Gasteiger charge is -2.33. The number of unbranched alkanes of at least 4 members (excludes halogenated alkanes) is 2. The Morgan fingerprint density at radius 3 is 1.80 bits per heavy atom. The smallest absolute Gasteiger partial charge is 0.410 e. The Balaban J connectivity index is 3.40. The van der Waals surface area contributed by atoms with E-state index in [1.807, 2.05) is 27.7 Å². The van der Waals surface area contributed by atoms with Crippen molar-refractivity contribution in [1.82, 2.24) is 25.8 Å². The van der Waals surface area contributed by atoms with Gasteiger partial charge >= 0.3 is 30.1 Å². The molecule has 0 aromatic heterocycles. The molecule has 0 saturated carbocycles. The summed E-state index contributed by atoms with van der Waals surface area (Å²) in [6.45, 7) is 22.3. The van der Waals surface area contributed by atoms with E-state index >= 15 is 0 Å². The summed E-state index contributed by atoms with van der Waals surface area (Å²) in [6, 6.07) is 0.735. The summed E-state index contributed by atoms with van der Waals surface area (Å²) in [7, 11) is 4.33. The van der Waals surface area contributed by atoms with E-state index in [9.17, 15) is 43.5 Å². The van der Waals surface area contributed by atoms with Gasteiger partial charge in [-0.05, 0) is 89.3 Å². The van der Waals surface area contributed by atoms with Gasteiger partial charge in [-0.25, -0.2) is 19.2 Å². The molecule has 5 amide bonds. The molecule has 8 atom stereocenters. The van der Waals surface area contributed by atoms with E-state index in [0.29, 0.717) is 24.2 Å². The van der Waals surface area contributed by atoms with Gasteiger partial charge in [0, 0.05) is 20.5 Å². The number of esters is 3. The highest BCUT2D eigenvalue weighted by molar-refractivity contribution is 5.92. The number of benzene rings is 1. The van der Waals surface area contributed by atoms with E-state index in [4.69, 9.17) is 28.4 Å². The minimum Gasteiger partial charge on any atom is -0.497 e. The standard InChI is InChI=1S/C51H85N5O15/c1-17-19-25-67-47(62)33(9)55(14)46(61)37(27-30(3)4)52-45(60)43(32(7)8)70-40(58)29-39(57)41(31(5)6)53-44(59)42(54-49(64)71-51(11,12)13)34(10)69-48(63)38(56(15)50(65)68-26-20-18-2)28-35-21-23-36(66-16)24-22-35/h21-24,30-34,37-39,41-43,57H,17-20,25-29H2,1-16H3,(H,52,60)(H,53,59)(H,54,64)/t33-,34+,37-,38-,39-,41+,42-,43-/m0/s1. The topological polar surface area (TPSA) is 255 Å². The second kappa shape index (κ2) is 30.9. The Hall–Kier alpha value is -5.66. The number of hydrogen-bond acceptors (Lipinski definition) is 15. The number of alkyl carbamates (subject to hydrolysis) is 1. The number of aliphatic hydroxyl groups is 1. The van der Waals surface area contributed by atoms with Crippen LogP contribution in [0.25, 0.3) is 0 Å². The first-order valence-electron chi connectivity index (χ1n) is 24.7. The van der Waals surface area contributed by atoms with Crippen LogP contribution in [0.3, 0.4) is 0 Å². The molecule has 4 N–H and O–H groups in total. The van der Waals surface area contributed by atoms with Crippen LogP contribution in [0.5, 0.6) is 5.75 Å². The molecule has 1 aromatic rings. The molecular formula is C51H85N5O15. The summed E-state index contributed by atoms with van der Waals surface area (Å²) in [5, 5.41) is 19.4. The van der Waals surface area contributed by atoms with E-state index in [2.05, 4.69) is 16.0 Å². The predicted octanol–water partition coefficient (Wildman–Crippen LogP) is 5.48. The highest BCUT2D eigenvalue weighted by atomic mass is 16.6. The second-order valence-corrected chi connectivity index (χ2v) is 20.0. The van der Waals surface area contributed by atoms with Gasteiger partial charge in [-0.15, -0.1) is 0 Å². The molecule has 0 heterocycles. The van der Waals surface area contributed by atoms with Gasteiger partial charge in [-0.1, -0.05) is 80.4 Å². The van der Waals surface area contributed by atoms with Gasteiger partial charge in [-0.2, -0.15) is 0 Å². The van der Waals surface area contributed by atoms with Crippen molar-refractivity contribution in [3.8, 4) is 5.75 Å². The number of nitrogens with zero attached hydrogens (tertiary/aromatic N) is 2. The minimum absolute atomic E-state index is 0.0210. The SMILES string of the molecule is CCCCOC(=O)[C@H](C)N(C)C(=O)[C@H](CC(C)C)NC(=O)[C@@H](OC(=O)C[C@H](O)[C@H](NC(=O)[C@@H](NC(=O)OC(C)(C)C)[C@@H](C)OC(=O)[C@H](Cc1ccc(OC)cc1)N(C)C(=O)OCCCC)C(C)C)C(C)C. The van der Waals surface area contributed by atoms with Crippen molar-refractivity contribution < 1.29 is 71.9 Å². The molecule has 0 fully saturated rings. The summed E-state index contributed by atoms with van der Waals surface area (Å²) < 4.78 is 32.9. The van der Waals surface area contributed by atoms with Crippen molar-refractivity contribution in [3.63, 3.8) is 0 Å². The Labute approximate surface area is 421 Å². The van der Waals surface area contributed by atoms with Gasteiger partial charge in [-0.3, -0.25) is 24.1 Å². The van der Waals surface area contributed by atoms with Crippen LogP contribution in [0, 0.1) is 17.8 Å². The molecule has 1 rings (SSSR count). The first kappa shape index (κ1) is 63.4. The van der Waals surface area contributed by atoms with Crippen molar-refractivity contribution in [2.45, 2.75) is 189 Å². The lowest BCUT2D eigenvalue weighted by atomic mass is 9.95. The molecule has 0 aliphatic heterocycles. The van der Waals surface area contributed by atoms with Crippen LogP contribution in [0.4, 0.5) is 9.59 Å². The Morgan fingerprint density at radius 2 is 1.30 bits per heavy atom. The van der Waals surface area contributed by atoms with E-state index in [0.717, 1.165) is 17.7 Å². The molecule has 1 aromatic carbocycles. The Kier molecular flexibility index (Phi) is 27.6. The number of nitrogens with one attached hydrogen (secondary N) is 3. The number of aliphatic hydroxyl groups excluding tert-OH is 1. The molecule has 0 spiro atoms. The summed E-state index contributed by atoms with van der Waals surface area (Å²) >= 11 is 0. The molecular weight excluding hydrogens is 923 g/mol. The molecule has 0 saturated heterocycles. The highest BCUT2D eigenvalue weighted by Gasteiger charge is 2.39. The van der Waals surface area contributed by atoms with Crippen molar-refractivity contribution in [1.29, 1.82) is 0 Å². The van der Waals surface area contributed by atoms with Crippen LogP contribution >= 0.6 is 0 Å². The summed E-state index contributed by atoms with van der Waals surface area (Å²) in [5.41, 5.74) is -0.357. The van der Waals surface area contributed by atoms with E-state index in [1.54, 1.807) is 72.7 Å². The van der Waals surface area contributed by atoms with E-state index in [1.165, 1.54) is 40.0 Å². The maximum Gasteiger partial charge on any atom is 0.410 e. The first-order valence-corrected chi connectivity index (χ1v) is 24.7. The third kappa shape index (κ3) is 22.5. The number of amides is 5. The lowest BCUT2D eigenvalue weighted by molar-refractivity contribution is -0.162. The number of likely N-dealkylation sites (N-methyl/N-ethyl adjacent to an activating group) is 2. The van der Waals surface area contributed by atoms with Crippen LogP contribution in [0.1, 0.15) is 134 Å². The highest BCUT2D eigenvalue weighted by Crippen LogP contribution is 2.20. The number of carbonyl (C=O) groups excluding carboxylic acids is 8. The van der Waals surface area contributed by atoms with Gasteiger partial charge in [0.2, 0.25) is 11.8 Å². The van der Waals surface area contributed by atoms with Crippen LogP contribution < -0.4 is 20.7 Å². The van der Waals surface area contributed by atoms with Gasteiger partial charge in [0.25, 0.3) is 5.91 Å². The second-order valence-electron chi connectivity index (χ2n) is 20.0. The number of hydrogen-bond donors (Lipinski definition) is 4. The minimum atomic E-state index is -1.64. The first-order chi connectivity index (χ1) is 33.1. The van der Waals surface area contributed by atoms with Crippen molar-refractivity contribution >= 4 is 47.8 Å². The zero-order chi connectivity index (χ0) is 54.3. The maximum absolute atomic E-state index is 14.3. The molecule has 404 valence electrons. The third-order valence-electron chi connectivity index (χ3n) is 11.3. The summed E-state index contributed by atoms with van der Waals surface area (Å²) in [4.78, 5) is 111. The van der Waals surface area contributed by atoms with Crippen molar-refractivity contribution in [3.05, 3.63) is 29.8 Å². The van der Waals surface area contributed by atoms with Crippen LogP contribution in [0.15, 0.2) is 24.3 Å². The number of methoxy groups -OCH3 is 1. The molecule has 71 heavy (non-hydrogen) atoms. The Bertz CT molecular complexity index is 1870. The number of carbonyl (C=O) groups is 8. The molecule has 0 unspecified atom stereocenters. The fourth-order valence-corrected chi connectivity index (χ4v) is 6.98. The molecule has 0 aliphatic rings. The predicted molar refractivity (Wildman–Crippen MR) is 265 cm³/mol. The zero-order valence-electron chi connectivity index (χ0n) is 45.1. The number of ether oxygens (including phenoxy) is 6. The molecule has 0 aliphatic carbocycles. The molecule has 20 nitrogen and oxygen atoms in total. The van der Waals surface area contributed by atoms with E-state index in [-0.39, 0.29) is 32.0 Å². The van der Waals surface area contributed by atoms with Crippen molar-refractivity contribution in [2.24, 2.45) is 17.8 Å². The maximum atomic E-state index is 14.3. The van der Waals surface area contributed by atoms with Crippen LogP contribution in [-0.2, 0) is 58.9 Å². The third-order valence-corrected chi connectivity index (χ3v) is 11.3. The summed E-state index contributed by atoms with van der Waals surface area (Å²) in [5.74, 6) is -5.38. The van der Waals surface area contributed by atoms with Gasteiger partial charge < -0.3 is 54.4 Å².